The summed E-state index contributed by atoms with van der Waals surface area (Å²) >= 11 is 0. The van der Waals surface area contributed by atoms with E-state index in [0.29, 0.717) is 24.1 Å². The van der Waals surface area contributed by atoms with Crippen LogP contribution in [-0.4, -0.2) is 29.9 Å². The molecule has 1 saturated heterocycles. The zero-order valence-corrected chi connectivity index (χ0v) is 16.2. The number of carbonyl (C=O) groups is 1. The summed E-state index contributed by atoms with van der Waals surface area (Å²) in [7, 11) is 0. The lowest BCUT2D eigenvalue weighted by atomic mass is 10.0. The number of nitrogens with one attached hydrogen (secondary N) is 1. The van der Waals surface area contributed by atoms with Gasteiger partial charge in [0.25, 0.3) is 5.91 Å². The van der Waals surface area contributed by atoms with Gasteiger partial charge in [-0.15, -0.1) is 0 Å². The van der Waals surface area contributed by atoms with Gasteiger partial charge in [0.15, 0.2) is 11.2 Å². The van der Waals surface area contributed by atoms with Gasteiger partial charge in [0.05, 0.1) is 5.39 Å². The van der Waals surface area contributed by atoms with E-state index >= 15 is 0 Å². The van der Waals surface area contributed by atoms with Crippen LogP contribution in [0.25, 0.3) is 11.0 Å². The molecule has 1 atom stereocenters. The molecule has 0 aliphatic carbocycles. The maximum atomic E-state index is 13.0. The number of aryl methyl sites for hydroxylation is 2. The van der Waals surface area contributed by atoms with Crippen molar-refractivity contribution in [1.82, 2.24) is 4.90 Å². The van der Waals surface area contributed by atoms with Gasteiger partial charge in [0.2, 0.25) is 0 Å². The van der Waals surface area contributed by atoms with Gasteiger partial charge in [-0.1, -0.05) is 18.2 Å². The molecule has 2 aromatic carbocycles. The number of carbonyl (C=O) groups excluding carboxylic acids is 1. The highest BCUT2D eigenvalue weighted by Gasteiger charge is 2.26. The fraction of sp³-hybridized carbons (Fsp3) is 0.304. The molecule has 0 spiro atoms. The fourth-order valence-electron chi connectivity index (χ4n) is 3.71. The minimum atomic E-state index is -0.227. The number of fused-ring (bicyclic) bond motifs is 1. The Bertz CT molecular complexity index is 1090. The monoisotopic (exact) mass is 376 g/mol. The summed E-state index contributed by atoms with van der Waals surface area (Å²) in [6, 6.07) is 14.8. The van der Waals surface area contributed by atoms with Crippen LogP contribution in [0.4, 0.5) is 5.69 Å². The van der Waals surface area contributed by atoms with E-state index in [4.69, 9.17) is 4.42 Å². The third kappa shape index (κ3) is 3.65. The SMILES string of the molecule is Cc1ccc(NC2CCCN(C(=O)c3cc(=O)c4ccccc4o3)C2)cc1C. The second kappa shape index (κ2) is 7.50. The van der Waals surface area contributed by atoms with E-state index in [1.165, 1.54) is 17.2 Å². The summed E-state index contributed by atoms with van der Waals surface area (Å²) in [6.45, 7) is 5.44. The van der Waals surface area contributed by atoms with E-state index in [2.05, 4.69) is 37.4 Å². The molecule has 1 aliphatic heterocycles. The highest BCUT2D eigenvalue weighted by atomic mass is 16.3. The second-order valence-electron chi connectivity index (χ2n) is 7.50. The van der Waals surface area contributed by atoms with Crippen LogP contribution < -0.4 is 10.7 Å². The molecule has 0 saturated carbocycles. The number of likely N-dealkylation sites (tertiary alicyclic amines) is 1. The van der Waals surface area contributed by atoms with Gasteiger partial charge in [0, 0.05) is 30.9 Å². The Hall–Kier alpha value is -3.08. The van der Waals surface area contributed by atoms with E-state index in [-0.39, 0.29) is 23.1 Å². The number of hydrogen-bond donors (Lipinski definition) is 1. The van der Waals surface area contributed by atoms with Gasteiger partial charge in [-0.3, -0.25) is 9.59 Å². The van der Waals surface area contributed by atoms with Crippen molar-refractivity contribution < 1.29 is 9.21 Å². The lowest BCUT2D eigenvalue weighted by molar-refractivity contribution is 0.0683. The molecular formula is C23H24N2O3. The van der Waals surface area contributed by atoms with Gasteiger partial charge in [0.1, 0.15) is 5.58 Å². The molecule has 1 unspecified atom stereocenters. The number of rotatable bonds is 3. The predicted molar refractivity (Wildman–Crippen MR) is 111 cm³/mol. The molecule has 0 bridgehead atoms. The lowest BCUT2D eigenvalue weighted by Crippen LogP contribution is -2.45. The van der Waals surface area contributed by atoms with E-state index < -0.39 is 0 Å². The molecule has 5 heteroatoms. The molecule has 1 N–H and O–H groups in total. The second-order valence-corrected chi connectivity index (χ2v) is 7.50. The zero-order valence-electron chi connectivity index (χ0n) is 16.2. The summed E-state index contributed by atoms with van der Waals surface area (Å²) in [6.07, 6.45) is 1.91. The maximum absolute atomic E-state index is 13.0. The molecule has 1 aliphatic rings. The molecular weight excluding hydrogens is 352 g/mol. The van der Waals surface area contributed by atoms with Crippen molar-refractivity contribution in [3.05, 3.63) is 75.6 Å². The number of nitrogens with zero attached hydrogens (tertiary/aromatic N) is 1. The topological polar surface area (TPSA) is 62.6 Å². The first-order valence-corrected chi connectivity index (χ1v) is 9.67. The molecule has 1 fully saturated rings. The normalized spacial score (nSPS) is 16.9. The third-order valence-electron chi connectivity index (χ3n) is 5.43. The molecule has 4 rings (SSSR count). The van der Waals surface area contributed by atoms with Crippen molar-refractivity contribution in [1.29, 1.82) is 0 Å². The number of anilines is 1. The summed E-state index contributed by atoms with van der Waals surface area (Å²) in [4.78, 5) is 27.0. The van der Waals surface area contributed by atoms with Gasteiger partial charge in [-0.2, -0.15) is 0 Å². The van der Waals surface area contributed by atoms with Crippen molar-refractivity contribution in [3.8, 4) is 0 Å². The highest BCUT2D eigenvalue weighted by molar-refractivity contribution is 5.93. The Morgan fingerprint density at radius 2 is 1.93 bits per heavy atom. The van der Waals surface area contributed by atoms with Crippen molar-refractivity contribution in [2.45, 2.75) is 32.7 Å². The van der Waals surface area contributed by atoms with Crippen molar-refractivity contribution in [2.24, 2.45) is 0 Å². The Morgan fingerprint density at radius 3 is 2.75 bits per heavy atom. The quantitative estimate of drug-likeness (QED) is 0.747. The average Bonchev–Trinajstić information content (AvgIpc) is 2.70. The lowest BCUT2D eigenvalue weighted by Gasteiger charge is -2.33. The van der Waals surface area contributed by atoms with Crippen LogP contribution in [0.1, 0.15) is 34.5 Å². The van der Waals surface area contributed by atoms with Gasteiger partial charge in [-0.25, -0.2) is 0 Å². The average molecular weight is 376 g/mol. The first kappa shape index (κ1) is 18.3. The molecule has 1 aromatic heterocycles. The molecule has 0 radical (unpaired) electrons. The van der Waals surface area contributed by atoms with Crippen LogP contribution in [0.15, 0.2) is 57.7 Å². The van der Waals surface area contributed by atoms with Crippen molar-refractivity contribution in [3.63, 3.8) is 0 Å². The Morgan fingerprint density at radius 1 is 1.11 bits per heavy atom. The summed E-state index contributed by atoms with van der Waals surface area (Å²) < 4.78 is 5.73. The number of amides is 1. The van der Waals surface area contributed by atoms with Crippen LogP contribution in [0.3, 0.4) is 0 Å². The van der Waals surface area contributed by atoms with Crippen LogP contribution in [0.2, 0.25) is 0 Å². The molecule has 3 aromatic rings. The first-order chi connectivity index (χ1) is 13.5. The fourth-order valence-corrected chi connectivity index (χ4v) is 3.71. The number of para-hydroxylation sites is 1. The van der Waals surface area contributed by atoms with Crippen LogP contribution >= 0.6 is 0 Å². The molecule has 2 heterocycles. The summed E-state index contributed by atoms with van der Waals surface area (Å²) in [5, 5.41) is 4.03. The summed E-state index contributed by atoms with van der Waals surface area (Å²) in [5.41, 5.74) is 3.83. The van der Waals surface area contributed by atoms with Crippen molar-refractivity contribution in [2.75, 3.05) is 18.4 Å². The predicted octanol–water partition coefficient (Wildman–Crippen LogP) is 4.13. The largest absolute Gasteiger partial charge is 0.451 e. The van der Waals surface area contributed by atoms with Crippen LogP contribution in [-0.2, 0) is 0 Å². The third-order valence-corrected chi connectivity index (χ3v) is 5.43. The molecule has 1 amide bonds. The Balaban J connectivity index is 1.52. The van der Waals surface area contributed by atoms with Gasteiger partial charge >= 0.3 is 0 Å². The number of hydrogen-bond acceptors (Lipinski definition) is 4. The zero-order chi connectivity index (χ0) is 19.7. The van der Waals surface area contributed by atoms with Crippen LogP contribution in [0, 0.1) is 13.8 Å². The number of benzene rings is 2. The van der Waals surface area contributed by atoms with Crippen LogP contribution in [0.5, 0.6) is 0 Å². The van der Waals surface area contributed by atoms with E-state index in [0.717, 1.165) is 18.5 Å². The Labute approximate surface area is 164 Å². The smallest absolute Gasteiger partial charge is 0.289 e. The highest BCUT2D eigenvalue weighted by Crippen LogP contribution is 2.21. The van der Waals surface area contributed by atoms with Crippen molar-refractivity contribution >= 4 is 22.6 Å². The minimum absolute atomic E-state index is 0.107. The van der Waals surface area contributed by atoms with E-state index in [1.807, 2.05) is 0 Å². The van der Waals surface area contributed by atoms with Gasteiger partial charge in [-0.05, 0) is 62.1 Å². The van der Waals surface area contributed by atoms with E-state index in [1.54, 1.807) is 29.2 Å². The standard InChI is InChI=1S/C23H24N2O3/c1-15-9-10-17(12-16(15)2)24-18-6-5-11-25(14-18)23(27)22-13-20(26)19-7-3-4-8-21(19)28-22/h3-4,7-10,12-13,18,24H,5-6,11,14H2,1-2H3. The molecule has 144 valence electrons. The van der Waals surface area contributed by atoms with E-state index in [9.17, 15) is 9.59 Å². The molecule has 5 nitrogen and oxygen atoms in total. The minimum Gasteiger partial charge on any atom is -0.451 e. The number of piperidine rings is 1. The summed E-state index contributed by atoms with van der Waals surface area (Å²) in [5.74, 6) is -0.120. The maximum Gasteiger partial charge on any atom is 0.289 e. The van der Waals surface area contributed by atoms with Gasteiger partial charge < -0.3 is 14.6 Å². The first-order valence-electron chi connectivity index (χ1n) is 9.67. The molecule has 28 heavy (non-hydrogen) atoms. The Kier molecular flexibility index (Phi) is 4.90.